The van der Waals surface area contributed by atoms with Crippen LogP contribution >= 0.6 is 11.6 Å². The Bertz CT molecular complexity index is 529. The normalized spacial score (nSPS) is 10.5. The van der Waals surface area contributed by atoms with Crippen molar-refractivity contribution in [2.45, 2.75) is 0 Å². The smallest absolute Gasteiger partial charge is 0.377 e. The summed E-state index contributed by atoms with van der Waals surface area (Å²) >= 11 is 5.74. The van der Waals surface area contributed by atoms with E-state index in [9.17, 15) is 9.90 Å². The lowest BCUT2D eigenvalue weighted by Gasteiger charge is -1.93. The van der Waals surface area contributed by atoms with E-state index in [1.807, 2.05) is 0 Å². The molecule has 2 rings (SSSR count). The fourth-order valence-electron chi connectivity index (χ4n) is 1.29. The number of hydrogen-bond donors (Lipinski definition) is 1. The summed E-state index contributed by atoms with van der Waals surface area (Å²) in [6.07, 6.45) is 0. The molecule has 1 aromatic heterocycles. The first-order valence-corrected chi connectivity index (χ1v) is 4.50. The average molecular weight is 227 g/mol. The van der Waals surface area contributed by atoms with Gasteiger partial charge in [-0.05, 0) is 18.2 Å². The van der Waals surface area contributed by atoms with Crippen LogP contribution in [0.5, 0.6) is 5.75 Å². The number of ether oxygens (including phenoxy) is 1. The quantitative estimate of drug-likeness (QED) is 0.760. The SMILES string of the molecule is COC(=O)c1oc2ccc(Cl)cc2c1O. The Morgan fingerprint density at radius 3 is 2.93 bits per heavy atom. The minimum atomic E-state index is -0.722. The Kier molecular flexibility index (Phi) is 2.28. The van der Waals surface area contributed by atoms with Crippen LogP contribution in [0.4, 0.5) is 0 Å². The Balaban J connectivity index is 2.69. The van der Waals surface area contributed by atoms with Crippen molar-refractivity contribution in [1.82, 2.24) is 0 Å². The number of carbonyl (C=O) groups is 1. The molecule has 5 heteroatoms. The van der Waals surface area contributed by atoms with E-state index in [1.54, 1.807) is 12.1 Å². The van der Waals surface area contributed by atoms with Crippen LogP contribution in [-0.2, 0) is 4.74 Å². The number of rotatable bonds is 1. The second-order valence-corrected chi connectivity index (χ2v) is 3.35. The van der Waals surface area contributed by atoms with Gasteiger partial charge in [0.25, 0.3) is 5.76 Å². The number of hydrogen-bond acceptors (Lipinski definition) is 4. The van der Waals surface area contributed by atoms with Gasteiger partial charge in [0.15, 0.2) is 5.75 Å². The Morgan fingerprint density at radius 2 is 2.27 bits per heavy atom. The molecule has 1 heterocycles. The molecular weight excluding hydrogens is 220 g/mol. The topological polar surface area (TPSA) is 59.7 Å². The van der Waals surface area contributed by atoms with Gasteiger partial charge in [-0.3, -0.25) is 0 Å². The summed E-state index contributed by atoms with van der Waals surface area (Å²) in [5, 5.41) is 10.5. The third-order valence-electron chi connectivity index (χ3n) is 1.99. The molecule has 0 fully saturated rings. The van der Waals surface area contributed by atoms with Crippen LogP contribution in [0.2, 0.25) is 5.02 Å². The molecule has 15 heavy (non-hydrogen) atoms. The minimum absolute atomic E-state index is 0.213. The molecule has 0 unspecified atom stereocenters. The van der Waals surface area contributed by atoms with Crippen molar-refractivity contribution in [2.75, 3.05) is 7.11 Å². The van der Waals surface area contributed by atoms with Crippen LogP contribution in [0.1, 0.15) is 10.6 Å². The number of furan rings is 1. The van der Waals surface area contributed by atoms with Crippen LogP contribution in [0.25, 0.3) is 11.0 Å². The zero-order valence-electron chi connectivity index (χ0n) is 7.78. The zero-order valence-corrected chi connectivity index (χ0v) is 8.54. The van der Waals surface area contributed by atoms with Gasteiger partial charge in [0, 0.05) is 5.02 Å². The summed E-state index contributed by atoms with van der Waals surface area (Å²) < 4.78 is 9.57. The summed E-state index contributed by atoms with van der Waals surface area (Å²) in [6.45, 7) is 0. The zero-order chi connectivity index (χ0) is 11.0. The molecule has 1 aromatic carbocycles. The Labute approximate surface area is 90.0 Å². The average Bonchev–Trinajstić information content (AvgIpc) is 2.55. The van der Waals surface area contributed by atoms with E-state index >= 15 is 0 Å². The van der Waals surface area contributed by atoms with E-state index in [1.165, 1.54) is 13.2 Å². The Hall–Kier alpha value is -1.68. The number of fused-ring (bicyclic) bond motifs is 1. The highest BCUT2D eigenvalue weighted by Gasteiger charge is 2.20. The molecular formula is C10H7ClO4. The second kappa shape index (κ2) is 3.47. The summed E-state index contributed by atoms with van der Waals surface area (Å²) in [6, 6.07) is 4.69. The van der Waals surface area contributed by atoms with E-state index in [-0.39, 0.29) is 11.5 Å². The molecule has 0 saturated heterocycles. The van der Waals surface area contributed by atoms with Crippen molar-refractivity contribution in [3.63, 3.8) is 0 Å². The number of aromatic hydroxyl groups is 1. The van der Waals surface area contributed by atoms with E-state index in [0.717, 1.165) is 0 Å². The van der Waals surface area contributed by atoms with E-state index in [2.05, 4.69) is 4.74 Å². The number of benzene rings is 1. The molecule has 78 valence electrons. The van der Waals surface area contributed by atoms with Gasteiger partial charge in [-0.25, -0.2) is 4.79 Å². The van der Waals surface area contributed by atoms with Gasteiger partial charge in [-0.15, -0.1) is 0 Å². The number of carbonyl (C=O) groups excluding carboxylic acids is 1. The van der Waals surface area contributed by atoms with Crippen molar-refractivity contribution in [1.29, 1.82) is 0 Å². The molecule has 0 amide bonds. The predicted molar refractivity (Wildman–Crippen MR) is 54.2 cm³/mol. The van der Waals surface area contributed by atoms with E-state index in [0.29, 0.717) is 16.0 Å². The molecule has 2 aromatic rings. The monoisotopic (exact) mass is 226 g/mol. The lowest BCUT2D eigenvalue weighted by atomic mass is 10.2. The minimum Gasteiger partial charge on any atom is -0.504 e. The number of esters is 1. The summed E-state index contributed by atoms with van der Waals surface area (Å²) in [5.41, 5.74) is 0.386. The highest BCUT2D eigenvalue weighted by Crippen LogP contribution is 2.33. The fraction of sp³-hybridized carbons (Fsp3) is 0.100. The first-order valence-electron chi connectivity index (χ1n) is 4.13. The molecule has 0 aliphatic carbocycles. The molecule has 0 saturated carbocycles. The molecule has 0 atom stereocenters. The third kappa shape index (κ3) is 1.53. The fourth-order valence-corrected chi connectivity index (χ4v) is 1.46. The molecule has 0 aliphatic heterocycles. The molecule has 1 N–H and O–H groups in total. The molecule has 4 nitrogen and oxygen atoms in total. The third-order valence-corrected chi connectivity index (χ3v) is 2.23. The van der Waals surface area contributed by atoms with Crippen LogP contribution in [-0.4, -0.2) is 18.2 Å². The maximum atomic E-state index is 11.2. The lowest BCUT2D eigenvalue weighted by molar-refractivity contribution is 0.0563. The van der Waals surface area contributed by atoms with E-state index in [4.69, 9.17) is 16.0 Å². The second-order valence-electron chi connectivity index (χ2n) is 2.91. The van der Waals surface area contributed by atoms with Crippen LogP contribution in [0.15, 0.2) is 22.6 Å². The summed E-state index contributed by atoms with van der Waals surface area (Å²) in [5.74, 6) is -1.19. The van der Waals surface area contributed by atoms with Crippen LogP contribution in [0, 0.1) is 0 Å². The largest absolute Gasteiger partial charge is 0.504 e. The van der Waals surface area contributed by atoms with Crippen LogP contribution < -0.4 is 0 Å². The first-order chi connectivity index (χ1) is 7.13. The van der Waals surface area contributed by atoms with Gasteiger partial charge in [-0.1, -0.05) is 11.6 Å². The van der Waals surface area contributed by atoms with Gasteiger partial charge >= 0.3 is 5.97 Å². The molecule has 0 aliphatic rings. The molecule has 0 radical (unpaired) electrons. The Morgan fingerprint density at radius 1 is 1.53 bits per heavy atom. The standard InChI is InChI=1S/C10H7ClO4/c1-14-10(13)9-8(12)6-4-5(11)2-3-7(6)15-9/h2-4,12H,1H3. The van der Waals surface area contributed by atoms with E-state index < -0.39 is 5.97 Å². The van der Waals surface area contributed by atoms with Gasteiger partial charge < -0.3 is 14.3 Å². The van der Waals surface area contributed by atoms with Crippen molar-refractivity contribution < 1.29 is 19.1 Å². The van der Waals surface area contributed by atoms with Gasteiger partial charge in [0.05, 0.1) is 12.5 Å². The highest BCUT2D eigenvalue weighted by atomic mass is 35.5. The summed E-state index contributed by atoms with van der Waals surface area (Å²) in [4.78, 5) is 11.2. The van der Waals surface area contributed by atoms with Crippen molar-refractivity contribution in [2.24, 2.45) is 0 Å². The van der Waals surface area contributed by atoms with Gasteiger partial charge in [0.1, 0.15) is 5.58 Å². The van der Waals surface area contributed by atoms with Gasteiger partial charge in [-0.2, -0.15) is 0 Å². The van der Waals surface area contributed by atoms with Crippen molar-refractivity contribution in [3.8, 4) is 5.75 Å². The number of methoxy groups -OCH3 is 1. The molecule has 0 spiro atoms. The van der Waals surface area contributed by atoms with Gasteiger partial charge in [0.2, 0.25) is 0 Å². The first kappa shape index (κ1) is 9.86. The molecule has 0 bridgehead atoms. The van der Waals surface area contributed by atoms with Crippen LogP contribution in [0.3, 0.4) is 0 Å². The van der Waals surface area contributed by atoms with Crippen molar-refractivity contribution >= 4 is 28.5 Å². The predicted octanol–water partition coefficient (Wildman–Crippen LogP) is 2.58. The maximum Gasteiger partial charge on any atom is 0.377 e. The lowest BCUT2D eigenvalue weighted by Crippen LogP contribution is -1.98. The highest BCUT2D eigenvalue weighted by molar-refractivity contribution is 6.31. The van der Waals surface area contributed by atoms with Crippen molar-refractivity contribution in [3.05, 3.63) is 29.0 Å². The summed E-state index contributed by atoms with van der Waals surface area (Å²) in [7, 11) is 1.21. The maximum absolute atomic E-state index is 11.2. The number of halogens is 1.